The van der Waals surface area contributed by atoms with Crippen molar-refractivity contribution in [2.24, 2.45) is 5.73 Å². The molecular formula is C13H15BrF2N2O2S. The number of rotatable bonds is 5. The van der Waals surface area contributed by atoms with Crippen LogP contribution in [-0.4, -0.2) is 25.6 Å². The standard InChI is InChI=1S/C13H15BrF2N2O2S/c1-12(2,7-17)21(19,20)8-13(18,6-15)10-5-9(14)3-4-11(10)16/h3-5H,6,8,18H2,1-2H3. The normalized spacial score (nSPS) is 15.3. The lowest BCUT2D eigenvalue weighted by molar-refractivity contribution is 0.326. The fourth-order valence-corrected chi connectivity index (χ4v) is 3.43. The van der Waals surface area contributed by atoms with E-state index in [2.05, 4.69) is 15.9 Å². The average Bonchev–Trinajstić information content (AvgIpc) is 2.40. The molecule has 1 rings (SSSR count). The molecule has 0 saturated carbocycles. The van der Waals surface area contributed by atoms with Crippen molar-refractivity contribution in [2.75, 3.05) is 12.4 Å². The Labute approximate surface area is 131 Å². The Balaban J connectivity index is 3.36. The van der Waals surface area contributed by atoms with Gasteiger partial charge < -0.3 is 5.73 Å². The number of nitrogens with two attached hydrogens (primary N) is 1. The third-order valence-corrected chi connectivity index (χ3v) is 6.23. The van der Waals surface area contributed by atoms with Crippen LogP contribution in [0.25, 0.3) is 0 Å². The summed E-state index contributed by atoms with van der Waals surface area (Å²) in [5.41, 5.74) is 3.49. The van der Waals surface area contributed by atoms with E-state index < -0.39 is 38.4 Å². The molecule has 0 spiro atoms. The average molecular weight is 381 g/mol. The predicted molar refractivity (Wildman–Crippen MR) is 79.4 cm³/mol. The second-order valence-electron chi connectivity index (χ2n) is 5.30. The second-order valence-corrected chi connectivity index (χ2v) is 8.75. The minimum Gasteiger partial charge on any atom is -0.318 e. The molecule has 1 aromatic carbocycles. The summed E-state index contributed by atoms with van der Waals surface area (Å²) in [5, 5.41) is 8.92. The topological polar surface area (TPSA) is 84.0 Å². The molecule has 0 bridgehead atoms. The Kier molecular flexibility index (Phi) is 5.13. The molecule has 0 aliphatic carbocycles. The van der Waals surface area contributed by atoms with Crippen molar-refractivity contribution in [1.29, 1.82) is 5.26 Å². The van der Waals surface area contributed by atoms with Crippen molar-refractivity contribution in [1.82, 2.24) is 0 Å². The van der Waals surface area contributed by atoms with Crippen LogP contribution in [0.5, 0.6) is 0 Å². The van der Waals surface area contributed by atoms with Crippen LogP contribution in [0.4, 0.5) is 8.78 Å². The quantitative estimate of drug-likeness (QED) is 0.849. The highest BCUT2D eigenvalue weighted by Crippen LogP contribution is 2.30. The van der Waals surface area contributed by atoms with Gasteiger partial charge in [-0.2, -0.15) is 5.26 Å². The molecule has 0 radical (unpaired) electrons. The maximum Gasteiger partial charge on any atom is 0.171 e. The van der Waals surface area contributed by atoms with Gasteiger partial charge in [0, 0.05) is 10.0 Å². The smallest absolute Gasteiger partial charge is 0.171 e. The van der Waals surface area contributed by atoms with Crippen molar-refractivity contribution < 1.29 is 17.2 Å². The lowest BCUT2D eigenvalue weighted by Gasteiger charge is -2.29. The van der Waals surface area contributed by atoms with E-state index in [9.17, 15) is 17.2 Å². The maximum absolute atomic E-state index is 13.9. The first-order valence-corrected chi connectivity index (χ1v) is 8.37. The van der Waals surface area contributed by atoms with Crippen LogP contribution in [0.3, 0.4) is 0 Å². The molecule has 1 unspecified atom stereocenters. The summed E-state index contributed by atoms with van der Waals surface area (Å²) in [6.45, 7) is 1.11. The van der Waals surface area contributed by atoms with Gasteiger partial charge in [0.05, 0.1) is 17.4 Å². The summed E-state index contributed by atoms with van der Waals surface area (Å²) in [6.07, 6.45) is 0. The van der Waals surface area contributed by atoms with Crippen LogP contribution in [0.15, 0.2) is 22.7 Å². The molecule has 0 aromatic heterocycles. The van der Waals surface area contributed by atoms with Gasteiger partial charge in [0.2, 0.25) is 0 Å². The van der Waals surface area contributed by atoms with Gasteiger partial charge in [0.15, 0.2) is 14.6 Å². The zero-order valence-electron chi connectivity index (χ0n) is 11.5. The molecule has 1 aromatic rings. The summed E-state index contributed by atoms with van der Waals surface area (Å²) in [4.78, 5) is 0. The highest BCUT2D eigenvalue weighted by Gasteiger charge is 2.43. The van der Waals surface area contributed by atoms with E-state index in [4.69, 9.17) is 11.0 Å². The van der Waals surface area contributed by atoms with E-state index in [1.807, 2.05) is 0 Å². The number of hydrogen-bond donors (Lipinski definition) is 1. The first kappa shape index (κ1) is 18.0. The minimum absolute atomic E-state index is 0.253. The Bertz CT molecular complexity index is 686. The monoisotopic (exact) mass is 380 g/mol. The second kappa shape index (κ2) is 5.99. The van der Waals surface area contributed by atoms with Crippen LogP contribution >= 0.6 is 15.9 Å². The van der Waals surface area contributed by atoms with Crippen molar-refractivity contribution >= 4 is 25.8 Å². The third kappa shape index (κ3) is 3.59. The van der Waals surface area contributed by atoms with Crippen LogP contribution < -0.4 is 5.73 Å². The molecule has 0 saturated heterocycles. The number of halogens is 3. The predicted octanol–water partition coefficient (Wildman–Crippen LogP) is 2.43. The molecule has 0 aliphatic heterocycles. The SMILES string of the molecule is CC(C)(C#N)S(=O)(=O)CC(N)(CF)c1cc(Br)ccc1F. The lowest BCUT2D eigenvalue weighted by Crippen LogP contribution is -2.50. The van der Waals surface area contributed by atoms with Crippen LogP contribution in [0, 0.1) is 17.1 Å². The molecule has 0 heterocycles. The van der Waals surface area contributed by atoms with Crippen molar-refractivity contribution in [2.45, 2.75) is 24.1 Å². The summed E-state index contributed by atoms with van der Waals surface area (Å²) in [6, 6.07) is 5.34. The number of alkyl halides is 1. The van der Waals surface area contributed by atoms with E-state index in [-0.39, 0.29) is 5.56 Å². The molecule has 21 heavy (non-hydrogen) atoms. The van der Waals surface area contributed by atoms with Gasteiger partial charge in [-0.25, -0.2) is 17.2 Å². The van der Waals surface area contributed by atoms with Crippen molar-refractivity contribution in [3.05, 3.63) is 34.1 Å². The highest BCUT2D eigenvalue weighted by atomic mass is 79.9. The third-order valence-electron chi connectivity index (χ3n) is 3.20. The maximum atomic E-state index is 13.9. The lowest BCUT2D eigenvalue weighted by atomic mass is 9.94. The zero-order valence-corrected chi connectivity index (χ0v) is 13.9. The molecule has 116 valence electrons. The van der Waals surface area contributed by atoms with Crippen molar-refractivity contribution in [3.8, 4) is 6.07 Å². The fourth-order valence-electron chi connectivity index (χ4n) is 1.66. The van der Waals surface area contributed by atoms with E-state index in [0.717, 1.165) is 6.07 Å². The first-order valence-electron chi connectivity index (χ1n) is 5.93. The Hall–Kier alpha value is -1.04. The molecule has 2 N–H and O–H groups in total. The van der Waals surface area contributed by atoms with E-state index in [1.165, 1.54) is 26.0 Å². The Morgan fingerprint density at radius 3 is 2.48 bits per heavy atom. The van der Waals surface area contributed by atoms with Crippen LogP contribution in [0.1, 0.15) is 19.4 Å². The first-order chi connectivity index (χ1) is 9.49. The van der Waals surface area contributed by atoms with Gasteiger partial charge in [-0.3, -0.25) is 0 Å². The van der Waals surface area contributed by atoms with Crippen LogP contribution in [-0.2, 0) is 15.4 Å². The number of nitrogens with zero attached hydrogens (tertiary/aromatic N) is 1. The Morgan fingerprint density at radius 2 is 2.00 bits per heavy atom. The molecule has 0 aliphatic rings. The van der Waals surface area contributed by atoms with E-state index in [1.54, 1.807) is 6.07 Å². The van der Waals surface area contributed by atoms with E-state index in [0.29, 0.717) is 4.47 Å². The molecular weight excluding hydrogens is 366 g/mol. The fraction of sp³-hybridized carbons (Fsp3) is 0.462. The van der Waals surface area contributed by atoms with Crippen LogP contribution in [0.2, 0.25) is 0 Å². The Morgan fingerprint density at radius 1 is 1.43 bits per heavy atom. The molecule has 4 nitrogen and oxygen atoms in total. The van der Waals surface area contributed by atoms with Gasteiger partial charge in [0.1, 0.15) is 12.5 Å². The van der Waals surface area contributed by atoms with Gasteiger partial charge in [0.25, 0.3) is 0 Å². The van der Waals surface area contributed by atoms with E-state index >= 15 is 0 Å². The zero-order chi connectivity index (χ0) is 16.5. The molecule has 0 amide bonds. The molecule has 8 heteroatoms. The highest BCUT2D eigenvalue weighted by molar-refractivity contribution is 9.10. The van der Waals surface area contributed by atoms with Gasteiger partial charge in [-0.05, 0) is 32.0 Å². The number of benzene rings is 1. The summed E-state index contributed by atoms with van der Waals surface area (Å²) < 4.78 is 50.4. The summed E-state index contributed by atoms with van der Waals surface area (Å²) in [5.74, 6) is -1.67. The number of sulfone groups is 1. The largest absolute Gasteiger partial charge is 0.318 e. The molecule has 1 atom stereocenters. The van der Waals surface area contributed by atoms with Gasteiger partial charge >= 0.3 is 0 Å². The molecule has 0 fully saturated rings. The summed E-state index contributed by atoms with van der Waals surface area (Å²) in [7, 11) is -4.07. The number of nitriles is 1. The van der Waals surface area contributed by atoms with Crippen molar-refractivity contribution in [3.63, 3.8) is 0 Å². The number of hydrogen-bond acceptors (Lipinski definition) is 4. The van der Waals surface area contributed by atoms with Gasteiger partial charge in [-0.15, -0.1) is 0 Å². The summed E-state index contributed by atoms with van der Waals surface area (Å²) >= 11 is 3.10. The van der Waals surface area contributed by atoms with Gasteiger partial charge in [-0.1, -0.05) is 15.9 Å². The minimum atomic E-state index is -4.07.